The van der Waals surface area contributed by atoms with Crippen LogP contribution in [0.1, 0.15) is 33.7 Å². The van der Waals surface area contributed by atoms with Crippen LogP contribution in [-0.2, 0) is 6.42 Å². The fraction of sp³-hybridized carbons (Fsp3) is 0.150. The Balaban J connectivity index is 2.03. The molecule has 21 heavy (non-hydrogen) atoms. The molecule has 0 saturated carbocycles. The zero-order chi connectivity index (χ0) is 14.4. The highest BCUT2D eigenvalue weighted by atomic mass is 14.3. The molecule has 0 aliphatic heterocycles. The molecule has 1 aliphatic rings. The highest BCUT2D eigenvalue weighted by molar-refractivity contribution is 5.96. The normalized spacial score (nSPS) is 16.1. The third-order valence-electron chi connectivity index (χ3n) is 4.66. The summed E-state index contributed by atoms with van der Waals surface area (Å²) in [5.74, 6) is 0.414. The molecule has 1 atom stereocenters. The van der Waals surface area contributed by atoms with E-state index in [-0.39, 0.29) is 0 Å². The zero-order valence-corrected chi connectivity index (χ0v) is 11.9. The number of benzene rings is 3. The molecular weight excluding hydrogens is 254 g/mol. The minimum Gasteiger partial charge on any atom is -0.192 e. The third-order valence-corrected chi connectivity index (χ3v) is 4.66. The van der Waals surface area contributed by atoms with Crippen LogP contribution in [0.15, 0.2) is 54.6 Å². The molecule has 0 bridgehead atoms. The van der Waals surface area contributed by atoms with Crippen LogP contribution in [0, 0.1) is 18.3 Å². The number of rotatable bonds is 1. The van der Waals surface area contributed by atoms with Gasteiger partial charge in [0.25, 0.3) is 0 Å². The molecular formula is C20H15N. The van der Waals surface area contributed by atoms with Crippen molar-refractivity contribution in [2.45, 2.75) is 19.3 Å². The number of aryl methyl sites for hydroxylation is 1. The summed E-state index contributed by atoms with van der Waals surface area (Å²) < 4.78 is 0. The van der Waals surface area contributed by atoms with E-state index in [0.717, 1.165) is 17.4 Å². The number of hydrogen-bond donors (Lipinski definition) is 0. The predicted octanol–water partition coefficient (Wildman–Crippen LogP) is 4.71. The summed E-state index contributed by atoms with van der Waals surface area (Å²) in [6, 6.07) is 21.4. The Morgan fingerprint density at radius 1 is 1.00 bits per heavy atom. The van der Waals surface area contributed by atoms with Gasteiger partial charge in [-0.25, -0.2) is 0 Å². The van der Waals surface area contributed by atoms with Gasteiger partial charge in [0.15, 0.2) is 0 Å². The summed E-state index contributed by atoms with van der Waals surface area (Å²) in [7, 11) is 0. The van der Waals surface area contributed by atoms with Crippen LogP contribution in [0.5, 0.6) is 0 Å². The maximum Gasteiger partial charge on any atom is 0.0998 e. The lowest BCUT2D eigenvalue weighted by Crippen LogP contribution is -1.98. The van der Waals surface area contributed by atoms with Crippen molar-refractivity contribution >= 4 is 10.8 Å². The van der Waals surface area contributed by atoms with E-state index < -0.39 is 0 Å². The highest BCUT2D eigenvalue weighted by Gasteiger charge is 2.27. The van der Waals surface area contributed by atoms with Crippen LogP contribution in [0.4, 0.5) is 0 Å². The van der Waals surface area contributed by atoms with Gasteiger partial charge < -0.3 is 0 Å². The van der Waals surface area contributed by atoms with E-state index in [4.69, 9.17) is 0 Å². The third kappa shape index (κ3) is 1.69. The predicted molar refractivity (Wildman–Crippen MR) is 85.4 cm³/mol. The van der Waals surface area contributed by atoms with Crippen molar-refractivity contribution < 1.29 is 0 Å². The summed E-state index contributed by atoms with van der Waals surface area (Å²) in [6.45, 7) is 2.17. The Bertz CT molecular complexity index is 885. The summed E-state index contributed by atoms with van der Waals surface area (Å²) in [6.07, 6.45) is 1.04. The van der Waals surface area contributed by atoms with Crippen LogP contribution in [0.2, 0.25) is 0 Å². The molecule has 100 valence electrons. The van der Waals surface area contributed by atoms with Crippen LogP contribution in [0.3, 0.4) is 0 Å². The minimum absolute atomic E-state index is 0.414. The molecule has 0 saturated heterocycles. The van der Waals surface area contributed by atoms with E-state index in [1.165, 1.54) is 27.6 Å². The zero-order valence-electron chi connectivity index (χ0n) is 11.9. The standard InChI is InChI=1S/C20H15N/c1-13-7-9-16-15(12-21)8-10-17-19(11-18(13)20(16)17)14-5-3-2-4-6-14/h2-10,19H,11H2,1H3. The van der Waals surface area contributed by atoms with E-state index >= 15 is 0 Å². The number of nitrogens with zero attached hydrogens (tertiary/aromatic N) is 1. The van der Waals surface area contributed by atoms with E-state index in [1.54, 1.807) is 0 Å². The average Bonchev–Trinajstić information content (AvgIpc) is 2.93. The summed E-state index contributed by atoms with van der Waals surface area (Å²) in [5.41, 5.74) is 6.25. The number of nitriles is 1. The summed E-state index contributed by atoms with van der Waals surface area (Å²) >= 11 is 0. The quantitative estimate of drug-likeness (QED) is 0.627. The molecule has 1 aliphatic carbocycles. The summed E-state index contributed by atoms with van der Waals surface area (Å²) in [5, 5.41) is 11.8. The lowest BCUT2D eigenvalue weighted by molar-refractivity contribution is 0.844. The van der Waals surface area contributed by atoms with Crippen LogP contribution >= 0.6 is 0 Å². The Kier molecular flexibility index (Phi) is 2.59. The van der Waals surface area contributed by atoms with Gasteiger partial charge in [-0.1, -0.05) is 48.5 Å². The topological polar surface area (TPSA) is 23.8 Å². The first-order valence-corrected chi connectivity index (χ1v) is 7.29. The molecule has 3 aromatic carbocycles. The SMILES string of the molecule is Cc1ccc2c(C#N)ccc3c2c1CC3c1ccccc1. The van der Waals surface area contributed by atoms with Gasteiger partial charge in [0.1, 0.15) is 0 Å². The van der Waals surface area contributed by atoms with Crippen molar-refractivity contribution in [1.82, 2.24) is 0 Å². The van der Waals surface area contributed by atoms with Gasteiger partial charge in [-0.15, -0.1) is 0 Å². The van der Waals surface area contributed by atoms with Crippen LogP contribution in [-0.4, -0.2) is 0 Å². The van der Waals surface area contributed by atoms with E-state index in [0.29, 0.717) is 5.92 Å². The molecule has 0 amide bonds. The van der Waals surface area contributed by atoms with Crippen molar-refractivity contribution in [1.29, 1.82) is 5.26 Å². The van der Waals surface area contributed by atoms with E-state index in [1.807, 2.05) is 6.07 Å². The largest absolute Gasteiger partial charge is 0.192 e. The first-order chi connectivity index (χ1) is 10.3. The monoisotopic (exact) mass is 269 g/mol. The lowest BCUT2D eigenvalue weighted by atomic mass is 9.91. The van der Waals surface area contributed by atoms with Gasteiger partial charge in [0, 0.05) is 11.3 Å². The van der Waals surface area contributed by atoms with Gasteiger partial charge in [-0.05, 0) is 47.1 Å². The second-order valence-corrected chi connectivity index (χ2v) is 5.77. The highest BCUT2D eigenvalue weighted by Crippen LogP contribution is 2.43. The van der Waals surface area contributed by atoms with Crippen LogP contribution in [0.25, 0.3) is 10.8 Å². The maximum absolute atomic E-state index is 9.34. The van der Waals surface area contributed by atoms with Gasteiger partial charge in [-0.3, -0.25) is 0 Å². The molecule has 1 heteroatoms. The van der Waals surface area contributed by atoms with E-state index in [9.17, 15) is 5.26 Å². The fourth-order valence-corrected chi connectivity index (χ4v) is 3.60. The van der Waals surface area contributed by atoms with Gasteiger partial charge in [0.2, 0.25) is 0 Å². The second kappa shape index (κ2) is 4.46. The molecule has 3 aromatic rings. The van der Waals surface area contributed by atoms with Gasteiger partial charge >= 0.3 is 0 Å². The molecule has 1 unspecified atom stereocenters. The Labute approximate surface area is 124 Å². The maximum atomic E-state index is 9.34. The first-order valence-electron chi connectivity index (χ1n) is 7.29. The molecule has 4 rings (SSSR count). The Morgan fingerprint density at radius 2 is 1.81 bits per heavy atom. The molecule has 1 nitrogen and oxygen atoms in total. The van der Waals surface area contributed by atoms with Crippen molar-refractivity contribution in [2.24, 2.45) is 0 Å². The molecule has 0 fully saturated rings. The molecule has 0 aromatic heterocycles. The Morgan fingerprint density at radius 3 is 2.57 bits per heavy atom. The second-order valence-electron chi connectivity index (χ2n) is 5.77. The van der Waals surface area contributed by atoms with E-state index in [2.05, 4.69) is 61.5 Å². The molecule has 0 heterocycles. The van der Waals surface area contributed by atoms with Crippen molar-refractivity contribution in [3.05, 3.63) is 82.4 Å². The Hall–Kier alpha value is -2.59. The molecule has 0 radical (unpaired) electrons. The van der Waals surface area contributed by atoms with Crippen molar-refractivity contribution in [3.63, 3.8) is 0 Å². The van der Waals surface area contributed by atoms with Gasteiger partial charge in [0.05, 0.1) is 11.6 Å². The first kappa shape index (κ1) is 12.2. The molecule has 0 spiro atoms. The summed E-state index contributed by atoms with van der Waals surface area (Å²) in [4.78, 5) is 0. The molecule has 0 N–H and O–H groups in total. The minimum atomic E-state index is 0.414. The van der Waals surface area contributed by atoms with Crippen LogP contribution < -0.4 is 0 Å². The van der Waals surface area contributed by atoms with Gasteiger partial charge in [-0.2, -0.15) is 5.26 Å². The number of hydrogen-bond acceptors (Lipinski definition) is 1. The lowest BCUT2D eigenvalue weighted by Gasteiger charge is -2.12. The van der Waals surface area contributed by atoms with Crippen molar-refractivity contribution in [3.8, 4) is 6.07 Å². The smallest absolute Gasteiger partial charge is 0.0998 e. The average molecular weight is 269 g/mol. The fourth-order valence-electron chi connectivity index (χ4n) is 3.60. The van der Waals surface area contributed by atoms with Crippen molar-refractivity contribution in [2.75, 3.05) is 0 Å².